The first-order chi connectivity index (χ1) is 17.5. The third-order valence-electron chi connectivity index (χ3n) is 8.44. The number of benzene rings is 2. The quantitative estimate of drug-likeness (QED) is 0.251. The van der Waals surface area contributed by atoms with E-state index in [0.717, 1.165) is 35.1 Å². The molecule has 2 aromatic carbocycles. The Labute approximate surface area is 235 Å². The monoisotopic (exact) mass is 541 g/mol. The molecule has 0 aliphatic heterocycles. The molecule has 0 unspecified atom stereocenters. The lowest BCUT2D eigenvalue weighted by Gasteiger charge is -2.27. The van der Waals surface area contributed by atoms with Gasteiger partial charge in [-0.3, -0.25) is 0 Å². The van der Waals surface area contributed by atoms with Crippen LogP contribution in [0.5, 0.6) is 11.5 Å². The standard InChI is InChI=1S/C34H54O3P/c1-15-33(11,12)25-17-27(21(3)4)31(28(18-25)22(5)6)36-38(35)37-32-29(23(7)8)19-26(34(13,14)16-2)20-30(32)24(9)10/h17-24H,15-16H2,1-14H3/q+1. The van der Waals surface area contributed by atoms with Crippen molar-refractivity contribution < 1.29 is 13.6 Å². The minimum Gasteiger partial charge on any atom is -0.222 e. The molecule has 0 bridgehead atoms. The maximum absolute atomic E-state index is 13.7. The predicted octanol–water partition coefficient (Wildman–Crippen LogP) is 11.7. The maximum atomic E-state index is 13.7. The normalized spacial score (nSPS) is 12.7. The van der Waals surface area contributed by atoms with Crippen LogP contribution >= 0.6 is 8.25 Å². The van der Waals surface area contributed by atoms with Crippen molar-refractivity contribution in [2.45, 2.75) is 144 Å². The summed E-state index contributed by atoms with van der Waals surface area (Å²) in [4.78, 5) is 0. The van der Waals surface area contributed by atoms with Crippen molar-refractivity contribution in [2.75, 3.05) is 0 Å². The van der Waals surface area contributed by atoms with Crippen LogP contribution in [0.3, 0.4) is 0 Å². The summed E-state index contributed by atoms with van der Waals surface area (Å²) in [5.74, 6) is 2.34. The average Bonchev–Trinajstić information content (AvgIpc) is 2.82. The zero-order valence-corrected chi connectivity index (χ0v) is 27.6. The van der Waals surface area contributed by atoms with Gasteiger partial charge in [0.05, 0.1) is 0 Å². The Hall–Kier alpha value is -1.86. The van der Waals surface area contributed by atoms with Crippen LogP contribution in [0.25, 0.3) is 0 Å². The fourth-order valence-corrected chi connectivity index (χ4v) is 5.39. The van der Waals surface area contributed by atoms with Crippen molar-refractivity contribution in [1.82, 2.24) is 0 Å². The van der Waals surface area contributed by atoms with Crippen LogP contribution in [0.2, 0.25) is 0 Å². The van der Waals surface area contributed by atoms with Crippen molar-refractivity contribution in [3.05, 3.63) is 57.6 Å². The van der Waals surface area contributed by atoms with Gasteiger partial charge in [-0.15, -0.1) is 0 Å². The third kappa shape index (κ3) is 7.20. The van der Waals surface area contributed by atoms with Gasteiger partial charge in [0.25, 0.3) is 0 Å². The Morgan fingerprint density at radius 1 is 0.579 bits per heavy atom. The first-order valence-electron chi connectivity index (χ1n) is 14.7. The second-order valence-corrected chi connectivity index (χ2v) is 14.3. The van der Waals surface area contributed by atoms with E-state index in [4.69, 9.17) is 9.05 Å². The molecule has 0 aliphatic rings. The summed E-state index contributed by atoms with van der Waals surface area (Å²) in [5, 5.41) is 0. The summed E-state index contributed by atoms with van der Waals surface area (Å²) in [7, 11) is -2.43. The molecule has 4 heteroatoms. The molecule has 0 spiro atoms. The van der Waals surface area contributed by atoms with Crippen LogP contribution in [-0.2, 0) is 15.4 Å². The summed E-state index contributed by atoms with van der Waals surface area (Å²) in [5.41, 5.74) is 7.07. The average molecular weight is 542 g/mol. The van der Waals surface area contributed by atoms with Crippen LogP contribution < -0.4 is 9.05 Å². The Morgan fingerprint density at radius 2 is 0.816 bits per heavy atom. The molecule has 212 valence electrons. The smallest absolute Gasteiger partial charge is 0.222 e. The van der Waals surface area contributed by atoms with Crippen LogP contribution in [-0.4, -0.2) is 0 Å². The van der Waals surface area contributed by atoms with Gasteiger partial charge < -0.3 is 0 Å². The molecule has 0 saturated carbocycles. The zero-order valence-electron chi connectivity index (χ0n) is 26.7. The molecule has 0 aromatic heterocycles. The first-order valence-corrected chi connectivity index (χ1v) is 15.8. The lowest BCUT2D eigenvalue weighted by atomic mass is 9.78. The molecule has 0 saturated heterocycles. The van der Waals surface area contributed by atoms with Crippen LogP contribution in [0.15, 0.2) is 24.3 Å². The van der Waals surface area contributed by atoms with E-state index in [9.17, 15) is 4.57 Å². The molecule has 0 atom stereocenters. The highest BCUT2D eigenvalue weighted by atomic mass is 31.1. The van der Waals surface area contributed by atoms with Gasteiger partial charge in [-0.05, 0) is 58.5 Å². The van der Waals surface area contributed by atoms with Gasteiger partial charge in [0, 0.05) is 26.8 Å². The highest BCUT2D eigenvalue weighted by Gasteiger charge is 2.35. The summed E-state index contributed by atoms with van der Waals surface area (Å²) in [6, 6.07) is 9.00. The van der Waals surface area contributed by atoms with Gasteiger partial charge in [-0.25, -0.2) is 9.05 Å². The highest BCUT2D eigenvalue weighted by Crippen LogP contribution is 2.47. The molecule has 2 aromatic rings. The van der Waals surface area contributed by atoms with E-state index in [1.165, 1.54) is 11.1 Å². The molecular formula is C34H54O3P+. The summed E-state index contributed by atoms with van der Waals surface area (Å²) in [6.45, 7) is 31.0. The predicted molar refractivity (Wildman–Crippen MR) is 165 cm³/mol. The zero-order chi connectivity index (χ0) is 29.2. The fraction of sp³-hybridized carbons (Fsp3) is 0.647. The SMILES string of the molecule is CCC(C)(C)c1cc(C(C)C)c(O[P+](=O)Oc2c(C(C)C)cc(C(C)(C)CC)cc2C(C)C)c(C(C)C)c1. The Bertz CT molecular complexity index is 977. The van der Waals surface area contributed by atoms with E-state index in [1.54, 1.807) is 0 Å². The summed E-state index contributed by atoms with van der Waals surface area (Å²) >= 11 is 0. The Morgan fingerprint density at radius 3 is 1.00 bits per heavy atom. The maximum Gasteiger partial charge on any atom is 0.805 e. The third-order valence-corrected chi connectivity index (χ3v) is 9.11. The van der Waals surface area contributed by atoms with Gasteiger partial charge in [0.1, 0.15) is 0 Å². The van der Waals surface area contributed by atoms with Gasteiger partial charge >= 0.3 is 8.25 Å². The molecule has 0 aliphatic carbocycles. The minimum atomic E-state index is -2.43. The molecular weight excluding hydrogens is 487 g/mol. The molecule has 0 amide bonds. The fourth-order valence-electron chi connectivity index (χ4n) is 4.63. The van der Waals surface area contributed by atoms with E-state index in [-0.39, 0.29) is 34.5 Å². The van der Waals surface area contributed by atoms with E-state index >= 15 is 0 Å². The molecule has 3 nitrogen and oxygen atoms in total. The topological polar surface area (TPSA) is 35.5 Å². The number of hydrogen-bond donors (Lipinski definition) is 0. The summed E-state index contributed by atoms with van der Waals surface area (Å²) < 4.78 is 26.2. The first kappa shape index (κ1) is 32.4. The lowest BCUT2D eigenvalue weighted by Crippen LogP contribution is -2.17. The molecule has 38 heavy (non-hydrogen) atoms. The van der Waals surface area contributed by atoms with Gasteiger partial charge in [0.2, 0.25) is 0 Å². The molecule has 0 N–H and O–H groups in total. The molecule has 0 radical (unpaired) electrons. The van der Waals surface area contributed by atoms with Crippen molar-refractivity contribution in [3.8, 4) is 11.5 Å². The molecule has 0 fully saturated rings. The van der Waals surface area contributed by atoms with E-state index in [2.05, 4.69) is 121 Å². The Balaban J connectivity index is 2.64. The van der Waals surface area contributed by atoms with Gasteiger partial charge in [-0.1, -0.05) is 121 Å². The molecule has 2 rings (SSSR count). The van der Waals surface area contributed by atoms with E-state index < -0.39 is 8.25 Å². The Kier molecular flexibility index (Phi) is 10.7. The van der Waals surface area contributed by atoms with Gasteiger partial charge in [-0.2, -0.15) is 0 Å². The second-order valence-electron chi connectivity index (χ2n) is 13.5. The minimum absolute atomic E-state index is 0.0524. The second kappa shape index (κ2) is 12.5. The van der Waals surface area contributed by atoms with Crippen molar-refractivity contribution >= 4 is 8.25 Å². The van der Waals surface area contributed by atoms with E-state index in [0.29, 0.717) is 11.5 Å². The van der Waals surface area contributed by atoms with Crippen LogP contribution in [0.1, 0.15) is 167 Å². The lowest BCUT2D eigenvalue weighted by molar-refractivity contribution is 0.403. The largest absolute Gasteiger partial charge is 0.805 e. The van der Waals surface area contributed by atoms with E-state index in [1.807, 2.05) is 0 Å². The van der Waals surface area contributed by atoms with Crippen molar-refractivity contribution in [1.29, 1.82) is 0 Å². The summed E-state index contributed by atoms with van der Waals surface area (Å²) in [6.07, 6.45) is 2.08. The number of rotatable bonds is 12. The van der Waals surface area contributed by atoms with Crippen molar-refractivity contribution in [3.63, 3.8) is 0 Å². The van der Waals surface area contributed by atoms with Crippen molar-refractivity contribution in [2.24, 2.45) is 0 Å². The highest BCUT2D eigenvalue weighted by molar-refractivity contribution is 7.34. The molecule has 0 heterocycles. The van der Waals surface area contributed by atoms with Crippen LogP contribution in [0.4, 0.5) is 0 Å². The number of hydrogen-bond acceptors (Lipinski definition) is 3. The van der Waals surface area contributed by atoms with Crippen LogP contribution in [0, 0.1) is 0 Å². The van der Waals surface area contributed by atoms with Gasteiger partial charge in [0.15, 0.2) is 11.5 Å².